The van der Waals surface area contributed by atoms with Crippen LogP contribution in [0.5, 0.6) is 0 Å². The zero-order valence-corrected chi connectivity index (χ0v) is 12.1. The molecule has 1 rings (SSSR count). The summed E-state index contributed by atoms with van der Waals surface area (Å²) < 4.78 is 1.06. The van der Waals surface area contributed by atoms with E-state index in [0.29, 0.717) is 0 Å². The van der Waals surface area contributed by atoms with Crippen molar-refractivity contribution in [2.75, 3.05) is 24.6 Å². The van der Waals surface area contributed by atoms with E-state index in [1.165, 1.54) is 0 Å². The summed E-state index contributed by atoms with van der Waals surface area (Å²) in [7, 11) is 0. The largest absolute Gasteiger partial charge is 0.396 e. The van der Waals surface area contributed by atoms with Gasteiger partial charge in [0.25, 0.3) is 0 Å². The van der Waals surface area contributed by atoms with Crippen LogP contribution in [0.1, 0.15) is 31.9 Å². The average molecular weight is 301 g/mol. The summed E-state index contributed by atoms with van der Waals surface area (Å²) in [5.74, 6) is 0. The third-order valence-electron chi connectivity index (χ3n) is 2.81. The van der Waals surface area contributed by atoms with E-state index in [-0.39, 0.29) is 12.6 Å². The van der Waals surface area contributed by atoms with Gasteiger partial charge in [0.2, 0.25) is 0 Å². The summed E-state index contributed by atoms with van der Waals surface area (Å²) in [6.07, 6.45) is 0.787. The smallest absolute Gasteiger partial charge is 0.0510 e. The summed E-state index contributed by atoms with van der Waals surface area (Å²) in [5, 5.41) is 8.89. The molecule has 0 aliphatic rings. The second kappa shape index (κ2) is 6.99. The lowest BCUT2D eigenvalue weighted by Gasteiger charge is -2.24. The lowest BCUT2D eigenvalue weighted by Crippen LogP contribution is -2.25. The number of hydrogen-bond acceptors (Lipinski definition) is 3. The molecular formula is C13H21BrN2O. The third-order valence-corrected chi connectivity index (χ3v) is 3.44. The van der Waals surface area contributed by atoms with Crippen LogP contribution in [0.3, 0.4) is 0 Å². The zero-order valence-electron chi connectivity index (χ0n) is 10.5. The van der Waals surface area contributed by atoms with Crippen LogP contribution in [0.4, 0.5) is 5.69 Å². The molecule has 0 unspecified atom stereocenters. The molecule has 0 fully saturated rings. The molecule has 0 aliphatic carbocycles. The Morgan fingerprint density at radius 1 is 1.47 bits per heavy atom. The van der Waals surface area contributed by atoms with Crippen molar-refractivity contribution >= 4 is 21.6 Å². The highest BCUT2D eigenvalue weighted by atomic mass is 79.9. The summed E-state index contributed by atoms with van der Waals surface area (Å²) in [6.45, 7) is 6.11. The first-order valence-corrected chi connectivity index (χ1v) is 6.80. The Labute approximate surface area is 112 Å². The fraction of sp³-hybridized carbons (Fsp3) is 0.538. The first kappa shape index (κ1) is 14.5. The highest BCUT2D eigenvalue weighted by molar-refractivity contribution is 9.10. The van der Waals surface area contributed by atoms with Crippen molar-refractivity contribution in [1.29, 1.82) is 0 Å². The number of nitrogens with zero attached hydrogens (tertiary/aromatic N) is 1. The molecule has 0 bridgehead atoms. The molecule has 0 spiro atoms. The van der Waals surface area contributed by atoms with E-state index in [0.717, 1.165) is 35.2 Å². The molecule has 17 heavy (non-hydrogen) atoms. The van der Waals surface area contributed by atoms with Gasteiger partial charge >= 0.3 is 0 Å². The Morgan fingerprint density at radius 3 is 2.65 bits per heavy atom. The minimum absolute atomic E-state index is 0.0490. The molecule has 0 amide bonds. The second-order valence-electron chi connectivity index (χ2n) is 4.16. The predicted molar refractivity (Wildman–Crippen MR) is 76.3 cm³/mol. The Kier molecular flexibility index (Phi) is 5.95. The van der Waals surface area contributed by atoms with Crippen molar-refractivity contribution in [3.8, 4) is 0 Å². The molecule has 96 valence electrons. The van der Waals surface area contributed by atoms with Gasteiger partial charge in [0.15, 0.2) is 0 Å². The van der Waals surface area contributed by atoms with Gasteiger partial charge in [0, 0.05) is 30.2 Å². The van der Waals surface area contributed by atoms with Gasteiger partial charge in [0.05, 0.1) is 5.69 Å². The van der Waals surface area contributed by atoms with E-state index in [2.05, 4.69) is 46.0 Å². The molecule has 3 nitrogen and oxygen atoms in total. The maximum absolute atomic E-state index is 8.89. The van der Waals surface area contributed by atoms with E-state index < -0.39 is 0 Å². The molecule has 0 aromatic heterocycles. The van der Waals surface area contributed by atoms with Crippen LogP contribution >= 0.6 is 15.9 Å². The first-order valence-electron chi connectivity index (χ1n) is 6.01. The topological polar surface area (TPSA) is 49.5 Å². The minimum Gasteiger partial charge on any atom is -0.396 e. The van der Waals surface area contributed by atoms with E-state index in [4.69, 9.17) is 10.8 Å². The van der Waals surface area contributed by atoms with Crippen molar-refractivity contribution < 1.29 is 5.11 Å². The molecule has 3 N–H and O–H groups in total. The Balaban J connectivity index is 2.88. The summed E-state index contributed by atoms with van der Waals surface area (Å²) in [6, 6.07) is 6.27. The molecule has 0 saturated carbocycles. The van der Waals surface area contributed by atoms with Gasteiger partial charge < -0.3 is 15.7 Å². The second-order valence-corrected chi connectivity index (χ2v) is 5.01. The maximum atomic E-state index is 8.89. The molecule has 0 heterocycles. The van der Waals surface area contributed by atoms with Gasteiger partial charge in [-0.25, -0.2) is 0 Å². The fourth-order valence-electron chi connectivity index (χ4n) is 1.77. The average Bonchev–Trinajstić information content (AvgIpc) is 2.31. The van der Waals surface area contributed by atoms with Crippen LogP contribution in [-0.4, -0.2) is 24.8 Å². The zero-order chi connectivity index (χ0) is 12.8. The monoisotopic (exact) mass is 300 g/mol. The molecule has 1 aromatic rings. The normalized spacial score (nSPS) is 12.5. The lowest BCUT2D eigenvalue weighted by molar-refractivity contribution is 0.289. The standard InChI is InChI=1S/C13H21BrN2O/c1-3-16(7-4-8-17)13-6-5-11(10(2)15)9-12(13)14/h5-6,9-10,17H,3-4,7-8,15H2,1-2H3/t10-/m0/s1. The van der Waals surface area contributed by atoms with Crippen molar-refractivity contribution in [3.05, 3.63) is 28.2 Å². The number of nitrogens with two attached hydrogens (primary N) is 1. The number of aliphatic hydroxyl groups excluding tert-OH is 1. The number of benzene rings is 1. The van der Waals surface area contributed by atoms with Crippen LogP contribution in [-0.2, 0) is 0 Å². The Hall–Kier alpha value is -0.580. The van der Waals surface area contributed by atoms with Crippen molar-refractivity contribution in [2.24, 2.45) is 5.73 Å². The van der Waals surface area contributed by atoms with E-state index >= 15 is 0 Å². The van der Waals surface area contributed by atoms with Crippen LogP contribution in [0, 0.1) is 0 Å². The molecule has 0 radical (unpaired) electrons. The van der Waals surface area contributed by atoms with Crippen LogP contribution in [0.25, 0.3) is 0 Å². The van der Waals surface area contributed by atoms with E-state index in [9.17, 15) is 0 Å². The third kappa shape index (κ3) is 3.98. The maximum Gasteiger partial charge on any atom is 0.0510 e. The van der Waals surface area contributed by atoms with Crippen molar-refractivity contribution in [1.82, 2.24) is 0 Å². The Bertz CT molecular complexity index is 355. The molecule has 0 saturated heterocycles. The molecule has 0 aliphatic heterocycles. The molecule has 1 atom stereocenters. The highest BCUT2D eigenvalue weighted by Gasteiger charge is 2.09. The summed E-state index contributed by atoms with van der Waals surface area (Å²) in [5.41, 5.74) is 8.14. The van der Waals surface area contributed by atoms with Gasteiger partial charge in [-0.1, -0.05) is 6.07 Å². The van der Waals surface area contributed by atoms with E-state index in [1.54, 1.807) is 0 Å². The fourth-order valence-corrected chi connectivity index (χ4v) is 2.42. The molecular weight excluding hydrogens is 280 g/mol. The number of halogens is 1. The van der Waals surface area contributed by atoms with Crippen LogP contribution in [0.2, 0.25) is 0 Å². The number of hydrogen-bond donors (Lipinski definition) is 2. The van der Waals surface area contributed by atoms with Crippen molar-refractivity contribution in [3.63, 3.8) is 0 Å². The Morgan fingerprint density at radius 2 is 2.18 bits per heavy atom. The van der Waals surface area contributed by atoms with E-state index in [1.807, 2.05) is 6.92 Å². The van der Waals surface area contributed by atoms with Gasteiger partial charge in [-0.15, -0.1) is 0 Å². The number of anilines is 1. The SMILES string of the molecule is CCN(CCCO)c1ccc([C@H](C)N)cc1Br. The predicted octanol–water partition coefficient (Wildman–Crippen LogP) is 2.68. The molecule has 1 aromatic carbocycles. The van der Waals surface area contributed by atoms with Crippen molar-refractivity contribution in [2.45, 2.75) is 26.3 Å². The van der Waals surface area contributed by atoms with Crippen LogP contribution < -0.4 is 10.6 Å². The number of rotatable bonds is 6. The quantitative estimate of drug-likeness (QED) is 0.849. The van der Waals surface area contributed by atoms with Gasteiger partial charge in [-0.2, -0.15) is 0 Å². The lowest BCUT2D eigenvalue weighted by atomic mass is 10.1. The van der Waals surface area contributed by atoms with Gasteiger partial charge in [-0.05, 0) is 53.9 Å². The van der Waals surface area contributed by atoms with Crippen LogP contribution in [0.15, 0.2) is 22.7 Å². The van der Waals surface area contributed by atoms with Gasteiger partial charge in [0.1, 0.15) is 0 Å². The molecule has 4 heteroatoms. The number of aliphatic hydroxyl groups is 1. The van der Waals surface area contributed by atoms with Gasteiger partial charge in [-0.3, -0.25) is 0 Å². The first-order chi connectivity index (χ1) is 8.10. The highest BCUT2D eigenvalue weighted by Crippen LogP contribution is 2.29. The summed E-state index contributed by atoms with van der Waals surface area (Å²) in [4.78, 5) is 2.24. The summed E-state index contributed by atoms with van der Waals surface area (Å²) >= 11 is 3.59. The minimum atomic E-state index is 0.0490.